The average molecular weight is 426 g/mol. The molecule has 0 aliphatic heterocycles. The molecule has 1 aromatic carbocycles. The van der Waals surface area contributed by atoms with Crippen LogP contribution < -0.4 is 16.2 Å². The van der Waals surface area contributed by atoms with Crippen LogP contribution in [0.1, 0.15) is 27.2 Å². The van der Waals surface area contributed by atoms with Gasteiger partial charge in [-0.1, -0.05) is 29.8 Å². The Morgan fingerprint density at radius 2 is 2.14 bits per heavy atom. The van der Waals surface area contributed by atoms with Crippen molar-refractivity contribution in [2.45, 2.75) is 13.3 Å². The summed E-state index contributed by atoms with van der Waals surface area (Å²) in [7, 11) is 0. The molecule has 0 saturated heterocycles. The number of nitrogens with zero attached hydrogens (tertiary/aromatic N) is 2. The molecule has 0 spiro atoms. The number of hydrazine groups is 1. The number of pyridine rings is 1. The number of halogens is 1. The quantitative estimate of drug-likeness (QED) is 0.433. The largest absolute Gasteiger partial charge is 0.443 e. The fraction of sp³-hybridized carbons (Fsp3) is 0.100. The highest BCUT2D eigenvalue weighted by Gasteiger charge is 2.14. The predicted molar refractivity (Wildman–Crippen MR) is 115 cm³/mol. The standard InChI is InChI=1S/C20H16ClN5O2S/c1-11-10-28-19(23-11)16-9-13(7-8-22-16)18(27)25-26-20(29)24-15-6-5-12-3-2-4-14(12)17(15)21/h2,4-10H,3H2,1H3,(H,25,27)(H2,24,26,29). The van der Waals surface area contributed by atoms with Crippen LogP contribution in [0.2, 0.25) is 5.02 Å². The first-order chi connectivity index (χ1) is 14.0. The average Bonchev–Trinajstić information content (AvgIpc) is 3.38. The molecule has 1 aliphatic rings. The van der Waals surface area contributed by atoms with E-state index in [2.05, 4.69) is 32.2 Å². The van der Waals surface area contributed by atoms with Crippen LogP contribution in [0, 0.1) is 6.92 Å². The maximum atomic E-state index is 12.4. The molecular weight excluding hydrogens is 410 g/mol. The summed E-state index contributed by atoms with van der Waals surface area (Å²) in [6.07, 6.45) is 7.94. The van der Waals surface area contributed by atoms with Gasteiger partial charge in [0.2, 0.25) is 5.89 Å². The van der Waals surface area contributed by atoms with Crippen LogP contribution >= 0.6 is 23.8 Å². The second-order valence-electron chi connectivity index (χ2n) is 6.36. The second-order valence-corrected chi connectivity index (χ2v) is 7.15. The van der Waals surface area contributed by atoms with E-state index in [4.69, 9.17) is 28.2 Å². The summed E-state index contributed by atoms with van der Waals surface area (Å²) >= 11 is 11.7. The van der Waals surface area contributed by atoms with Gasteiger partial charge in [-0.15, -0.1) is 0 Å². The van der Waals surface area contributed by atoms with Gasteiger partial charge in [0.05, 0.1) is 16.4 Å². The molecule has 29 heavy (non-hydrogen) atoms. The number of aromatic nitrogens is 2. The zero-order valence-electron chi connectivity index (χ0n) is 15.3. The number of aryl methyl sites for hydroxylation is 1. The zero-order chi connectivity index (χ0) is 20.4. The molecule has 0 unspecified atom stereocenters. The molecule has 0 atom stereocenters. The Labute approximate surface area is 177 Å². The summed E-state index contributed by atoms with van der Waals surface area (Å²) in [5.74, 6) is -0.0355. The number of hydrogen-bond donors (Lipinski definition) is 3. The molecule has 0 bridgehead atoms. The Bertz CT molecular complexity index is 1140. The number of anilines is 1. The van der Waals surface area contributed by atoms with E-state index in [0.717, 1.165) is 17.7 Å². The van der Waals surface area contributed by atoms with Crippen LogP contribution in [0.3, 0.4) is 0 Å². The molecule has 2 aromatic heterocycles. The van der Waals surface area contributed by atoms with Crippen molar-refractivity contribution in [1.82, 2.24) is 20.8 Å². The van der Waals surface area contributed by atoms with Crippen LogP contribution in [-0.2, 0) is 6.42 Å². The number of amides is 1. The van der Waals surface area contributed by atoms with Crippen LogP contribution in [-0.4, -0.2) is 21.0 Å². The monoisotopic (exact) mass is 425 g/mol. The van der Waals surface area contributed by atoms with Gasteiger partial charge in [-0.25, -0.2) is 4.98 Å². The smallest absolute Gasteiger partial charge is 0.269 e. The number of rotatable bonds is 3. The van der Waals surface area contributed by atoms with Crippen molar-refractivity contribution in [2.75, 3.05) is 5.32 Å². The van der Waals surface area contributed by atoms with E-state index in [-0.39, 0.29) is 11.0 Å². The summed E-state index contributed by atoms with van der Waals surface area (Å²) in [6, 6.07) is 7.02. The third-order valence-electron chi connectivity index (χ3n) is 4.29. The minimum absolute atomic E-state index is 0.208. The first-order valence-corrected chi connectivity index (χ1v) is 9.53. The normalized spacial score (nSPS) is 11.8. The van der Waals surface area contributed by atoms with Gasteiger partial charge in [-0.05, 0) is 54.9 Å². The third-order valence-corrected chi connectivity index (χ3v) is 4.90. The number of carbonyl (C=O) groups is 1. The maximum absolute atomic E-state index is 12.4. The SMILES string of the molecule is Cc1coc(-c2cc(C(=O)NNC(=S)Nc3ccc4c(c3Cl)C=CC4)ccn2)n1. The highest BCUT2D eigenvalue weighted by Crippen LogP contribution is 2.33. The van der Waals surface area contributed by atoms with E-state index < -0.39 is 0 Å². The number of hydrogen-bond acceptors (Lipinski definition) is 5. The molecule has 0 radical (unpaired) electrons. The van der Waals surface area contributed by atoms with Gasteiger partial charge in [0.1, 0.15) is 12.0 Å². The van der Waals surface area contributed by atoms with E-state index in [1.807, 2.05) is 25.1 Å². The number of benzene rings is 1. The molecule has 0 saturated carbocycles. The highest BCUT2D eigenvalue weighted by molar-refractivity contribution is 7.80. The van der Waals surface area contributed by atoms with E-state index >= 15 is 0 Å². The molecule has 7 nitrogen and oxygen atoms in total. The Balaban J connectivity index is 1.39. The molecule has 3 aromatic rings. The number of thiocarbonyl (C=S) groups is 1. The summed E-state index contributed by atoms with van der Waals surface area (Å²) in [4.78, 5) is 20.8. The molecular formula is C20H16ClN5O2S. The number of fused-ring (bicyclic) bond motifs is 1. The lowest BCUT2D eigenvalue weighted by molar-refractivity contribution is 0.0944. The molecule has 4 rings (SSSR count). The molecule has 1 amide bonds. The van der Waals surface area contributed by atoms with Crippen LogP contribution in [0.15, 0.2) is 47.2 Å². The Kier molecular flexibility index (Phi) is 5.28. The molecule has 1 aliphatic carbocycles. The van der Waals surface area contributed by atoms with Crippen molar-refractivity contribution in [2.24, 2.45) is 0 Å². The number of carbonyl (C=O) groups excluding carboxylic acids is 1. The van der Waals surface area contributed by atoms with Gasteiger partial charge in [0.15, 0.2) is 5.11 Å². The van der Waals surface area contributed by atoms with Crippen molar-refractivity contribution in [1.29, 1.82) is 0 Å². The fourth-order valence-corrected chi connectivity index (χ4v) is 3.35. The zero-order valence-corrected chi connectivity index (χ0v) is 16.9. The lowest BCUT2D eigenvalue weighted by Gasteiger charge is -2.14. The summed E-state index contributed by atoms with van der Waals surface area (Å²) in [5.41, 5.74) is 9.60. The van der Waals surface area contributed by atoms with E-state index in [0.29, 0.717) is 27.9 Å². The minimum atomic E-state index is -0.385. The summed E-state index contributed by atoms with van der Waals surface area (Å²) in [5, 5.41) is 3.79. The molecule has 2 heterocycles. The van der Waals surface area contributed by atoms with Crippen molar-refractivity contribution in [3.63, 3.8) is 0 Å². The maximum Gasteiger partial charge on any atom is 0.269 e. The number of allylic oxidation sites excluding steroid dienone is 1. The van der Waals surface area contributed by atoms with E-state index in [1.54, 1.807) is 12.1 Å². The summed E-state index contributed by atoms with van der Waals surface area (Å²) in [6.45, 7) is 1.81. The van der Waals surface area contributed by atoms with Crippen molar-refractivity contribution < 1.29 is 9.21 Å². The molecule has 9 heteroatoms. The summed E-state index contributed by atoms with van der Waals surface area (Å²) < 4.78 is 5.32. The predicted octanol–water partition coefficient (Wildman–Crippen LogP) is 3.90. The van der Waals surface area contributed by atoms with Gasteiger partial charge < -0.3 is 9.73 Å². The second kappa shape index (κ2) is 8.02. The van der Waals surface area contributed by atoms with Gasteiger partial charge in [-0.2, -0.15) is 0 Å². The van der Waals surface area contributed by atoms with Crippen LogP contribution in [0.4, 0.5) is 5.69 Å². The van der Waals surface area contributed by atoms with Crippen molar-refractivity contribution in [3.05, 3.63) is 70.2 Å². The lowest BCUT2D eigenvalue weighted by Crippen LogP contribution is -2.43. The molecule has 146 valence electrons. The first-order valence-electron chi connectivity index (χ1n) is 8.75. The highest BCUT2D eigenvalue weighted by atomic mass is 35.5. The van der Waals surface area contributed by atoms with Gasteiger partial charge in [0.25, 0.3) is 5.91 Å². The third kappa shape index (κ3) is 4.13. The lowest BCUT2D eigenvalue weighted by atomic mass is 10.1. The topological polar surface area (TPSA) is 92.1 Å². The van der Waals surface area contributed by atoms with Crippen LogP contribution in [0.25, 0.3) is 17.7 Å². The minimum Gasteiger partial charge on any atom is -0.443 e. The Morgan fingerprint density at radius 1 is 1.28 bits per heavy atom. The fourth-order valence-electron chi connectivity index (χ4n) is 2.89. The van der Waals surface area contributed by atoms with Gasteiger partial charge in [-0.3, -0.25) is 20.6 Å². The van der Waals surface area contributed by atoms with Gasteiger partial charge >= 0.3 is 0 Å². The van der Waals surface area contributed by atoms with Crippen molar-refractivity contribution in [3.8, 4) is 11.6 Å². The molecule has 3 N–H and O–H groups in total. The Morgan fingerprint density at radius 3 is 2.93 bits per heavy atom. The number of nitrogens with one attached hydrogen (secondary N) is 3. The van der Waals surface area contributed by atoms with E-state index in [1.165, 1.54) is 18.0 Å². The van der Waals surface area contributed by atoms with Gasteiger partial charge in [0, 0.05) is 11.8 Å². The van der Waals surface area contributed by atoms with Crippen LogP contribution in [0.5, 0.6) is 0 Å². The van der Waals surface area contributed by atoms with Crippen molar-refractivity contribution >= 4 is 46.6 Å². The molecule has 0 fully saturated rings. The van der Waals surface area contributed by atoms with E-state index in [9.17, 15) is 4.79 Å². The first kappa shape index (κ1) is 19.1. The number of oxazole rings is 1. The Hall–Kier alpha value is -3.23.